The van der Waals surface area contributed by atoms with Gasteiger partial charge in [0.2, 0.25) is 0 Å². The lowest BCUT2D eigenvalue weighted by molar-refractivity contribution is 0.575. The van der Waals surface area contributed by atoms with Gasteiger partial charge in [0, 0.05) is 0 Å². The molecule has 0 amide bonds. The molecule has 0 aliphatic rings. The summed E-state index contributed by atoms with van der Waals surface area (Å²) in [5.74, 6) is 0. The van der Waals surface area contributed by atoms with E-state index in [-0.39, 0.29) is 0 Å². The fraction of sp³-hybridized carbons (Fsp3) is 0.667. The molecule has 2 rings (SSSR count). The third kappa shape index (κ3) is 10.1. The van der Waals surface area contributed by atoms with Crippen LogP contribution >= 0.6 is 0 Å². The highest BCUT2D eigenvalue weighted by Crippen LogP contribution is 2.23. The van der Waals surface area contributed by atoms with E-state index in [1.807, 2.05) is 0 Å². The number of fused-ring (bicyclic) bond motifs is 1. The lowest BCUT2D eigenvalue weighted by atomic mass is 9.96. The van der Waals surface area contributed by atoms with Crippen molar-refractivity contribution in [1.29, 1.82) is 0 Å². The number of rotatable bonds is 18. The van der Waals surface area contributed by atoms with E-state index in [2.05, 4.69) is 50.2 Å². The van der Waals surface area contributed by atoms with Gasteiger partial charge < -0.3 is 0 Å². The summed E-state index contributed by atoms with van der Waals surface area (Å²) in [6.45, 7) is 4.59. The highest BCUT2D eigenvalue weighted by molar-refractivity contribution is 5.86. The monoisotopic (exact) mass is 408 g/mol. The van der Waals surface area contributed by atoms with Gasteiger partial charge in [-0.1, -0.05) is 140 Å². The summed E-state index contributed by atoms with van der Waals surface area (Å²) in [5.41, 5.74) is 3.08. The Kier molecular flexibility index (Phi) is 13.6. The number of hydrogen-bond acceptors (Lipinski definition) is 0. The molecular formula is C30H48. The highest BCUT2D eigenvalue weighted by atomic mass is 14.1. The van der Waals surface area contributed by atoms with Gasteiger partial charge in [0.15, 0.2) is 0 Å². The van der Waals surface area contributed by atoms with Crippen molar-refractivity contribution in [2.75, 3.05) is 0 Å². The first kappa shape index (κ1) is 25.0. The molecular weight excluding hydrogens is 360 g/mol. The summed E-state index contributed by atoms with van der Waals surface area (Å²) < 4.78 is 0. The molecule has 2 aromatic carbocycles. The summed E-state index contributed by atoms with van der Waals surface area (Å²) in [6.07, 6.45) is 24.9. The SMILES string of the molecule is CCCCCCCCCCc1ccc2c(CCCCCCCCCC)cccc2c1. The van der Waals surface area contributed by atoms with Crippen LogP contribution in [0.25, 0.3) is 10.8 Å². The van der Waals surface area contributed by atoms with Crippen molar-refractivity contribution in [2.45, 2.75) is 129 Å². The summed E-state index contributed by atoms with van der Waals surface area (Å²) in [4.78, 5) is 0. The number of hydrogen-bond donors (Lipinski definition) is 0. The molecule has 0 unspecified atom stereocenters. The average molecular weight is 409 g/mol. The Morgan fingerprint density at radius 2 is 1.03 bits per heavy atom. The largest absolute Gasteiger partial charge is 0.0654 e. The zero-order valence-corrected chi connectivity index (χ0v) is 20.2. The Hall–Kier alpha value is -1.30. The fourth-order valence-electron chi connectivity index (χ4n) is 4.69. The van der Waals surface area contributed by atoms with Crippen molar-refractivity contribution in [2.24, 2.45) is 0 Å². The van der Waals surface area contributed by atoms with Gasteiger partial charge in [-0.3, -0.25) is 0 Å². The molecule has 0 aliphatic heterocycles. The van der Waals surface area contributed by atoms with Gasteiger partial charge in [-0.25, -0.2) is 0 Å². The Morgan fingerprint density at radius 3 is 1.63 bits per heavy atom. The van der Waals surface area contributed by atoms with Crippen molar-refractivity contribution < 1.29 is 0 Å². The molecule has 168 valence electrons. The summed E-state index contributed by atoms with van der Waals surface area (Å²) in [6, 6.07) is 14.2. The van der Waals surface area contributed by atoms with Crippen LogP contribution in [0.15, 0.2) is 36.4 Å². The van der Waals surface area contributed by atoms with Crippen LogP contribution in [0.1, 0.15) is 128 Å². The van der Waals surface area contributed by atoms with E-state index in [4.69, 9.17) is 0 Å². The molecule has 0 aromatic heterocycles. The second kappa shape index (κ2) is 16.4. The molecule has 30 heavy (non-hydrogen) atoms. The zero-order valence-electron chi connectivity index (χ0n) is 20.2. The topological polar surface area (TPSA) is 0 Å². The van der Waals surface area contributed by atoms with Crippen molar-refractivity contribution in [3.8, 4) is 0 Å². The van der Waals surface area contributed by atoms with E-state index in [0.29, 0.717) is 0 Å². The van der Waals surface area contributed by atoms with Crippen LogP contribution < -0.4 is 0 Å². The maximum absolute atomic E-state index is 2.45. The second-order valence-corrected chi connectivity index (χ2v) is 9.42. The van der Waals surface area contributed by atoms with E-state index >= 15 is 0 Å². The summed E-state index contributed by atoms with van der Waals surface area (Å²) >= 11 is 0. The first-order valence-corrected chi connectivity index (χ1v) is 13.4. The Balaban J connectivity index is 1.69. The molecule has 0 fully saturated rings. The van der Waals surface area contributed by atoms with Crippen molar-refractivity contribution in [3.05, 3.63) is 47.5 Å². The van der Waals surface area contributed by atoms with Crippen LogP contribution in [-0.4, -0.2) is 0 Å². The zero-order chi connectivity index (χ0) is 21.3. The average Bonchev–Trinajstić information content (AvgIpc) is 2.77. The maximum Gasteiger partial charge on any atom is -0.0152 e. The quantitative estimate of drug-likeness (QED) is 0.215. The van der Waals surface area contributed by atoms with Crippen LogP contribution in [0.4, 0.5) is 0 Å². The lowest BCUT2D eigenvalue weighted by Crippen LogP contribution is -1.91. The van der Waals surface area contributed by atoms with Crippen LogP contribution in [0.5, 0.6) is 0 Å². The molecule has 0 spiro atoms. The molecule has 2 aromatic rings. The number of unbranched alkanes of at least 4 members (excludes halogenated alkanes) is 14. The predicted octanol–water partition coefficient (Wildman–Crippen LogP) is 10.2. The standard InChI is InChI=1S/C30H48/c1-3-5-7-9-11-13-15-17-20-27-24-25-30-28(22-19-23-29(30)26-27)21-18-16-14-12-10-8-6-4-2/h19,22-26H,3-18,20-21H2,1-2H3. The molecule has 0 N–H and O–H groups in total. The summed E-state index contributed by atoms with van der Waals surface area (Å²) in [7, 11) is 0. The van der Waals surface area contributed by atoms with Crippen molar-refractivity contribution >= 4 is 10.8 Å². The van der Waals surface area contributed by atoms with Gasteiger partial charge in [-0.15, -0.1) is 0 Å². The van der Waals surface area contributed by atoms with Gasteiger partial charge in [0.05, 0.1) is 0 Å². The molecule has 0 atom stereocenters. The number of benzene rings is 2. The fourth-order valence-corrected chi connectivity index (χ4v) is 4.69. The minimum atomic E-state index is 1.24. The normalized spacial score (nSPS) is 11.4. The second-order valence-electron chi connectivity index (χ2n) is 9.42. The molecule has 0 nitrogen and oxygen atoms in total. The third-order valence-electron chi connectivity index (χ3n) is 6.65. The number of aryl methyl sites for hydroxylation is 2. The molecule has 0 saturated carbocycles. The first-order valence-electron chi connectivity index (χ1n) is 13.4. The van der Waals surface area contributed by atoms with Crippen molar-refractivity contribution in [1.82, 2.24) is 0 Å². The third-order valence-corrected chi connectivity index (χ3v) is 6.65. The van der Waals surface area contributed by atoms with E-state index < -0.39 is 0 Å². The van der Waals surface area contributed by atoms with Crippen LogP contribution in [-0.2, 0) is 12.8 Å². The molecule has 0 heterocycles. The van der Waals surface area contributed by atoms with Crippen LogP contribution in [0.3, 0.4) is 0 Å². The van der Waals surface area contributed by atoms with E-state index in [9.17, 15) is 0 Å². The highest BCUT2D eigenvalue weighted by Gasteiger charge is 2.03. The molecule has 0 heteroatoms. The molecule has 0 saturated heterocycles. The van der Waals surface area contributed by atoms with Gasteiger partial charge in [0.25, 0.3) is 0 Å². The lowest BCUT2D eigenvalue weighted by Gasteiger charge is -2.09. The van der Waals surface area contributed by atoms with Crippen LogP contribution in [0, 0.1) is 0 Å². The minimum absolute atomic E-state index is 1.24. The van der Waals surface area contributed by atoms with Crippen LogP contribution in [0.2, 0.25) is 0 Å². The maximum atomic E-state index is 2.45. The minimum Gasteiger partial charge on any atom is -0.0654 e. The molecule has 0 aliphatic carbocycles. The van der Waals surface area contributed by atoms with E-state index in [1.54, 1.807) is 5.56 Å². The Bertz CT molecular complexity index is 669. The predicted molar refractivity (Wildman–Crippen MR) is 137 cm³/mol. The van der Waals surface area contributed by atoms with Gasteiger partial charge >= 0.3 is 0 Å². The van der Waals surface area contributed by atoms with Gasteiger partial charge in [-0.2, -0.15) is 0 Å². The molecule has 0 radical (unpaired) electrons. The van der Waals surface area contributed by atoms with E-state index in [1.165, 1.54) is 132 Å². The van der Waals surface area contributed by atoms with E-state index in [0.717, 1.165) is 0 Å². The molecule has 0 bridgehead atoms. The first-order chi connectivity index (χ1) is 14.8. The summed E-state index contributed by atoms with van der Waals surface area (Å²) in [5, 5.41) is 2.93. The van der Waals surface area contributed by atoms with Gasteiger partial charge in [-0.05, 0) is 47.6 Å². The van der Waals surface area contributed by atoms with Gasteiger partial charge in [0.1, 0.15) is 0 Å². The smallest absolute Gasteiger partial charge is 0.0152 e. The van der Waals surface area contributed by atoms with Crippen molar-refractivity contribution in [3.63, 3.8) is 0 Å². The Morgan fingerprint density at radius 1 is 0.500 bits per heavy atom. The Labute approximate surface area is 187 Å².